The van der Waals surface area contributed by atoms with Gasteiger partial charge in [0.05, 0.1) is 0 Å². The summed E-state index contributed by atoms with van der Waals surface area (Å²) in [5, 5.41) is 0. The molecule has 4 nitrogen and oxygen atoms in total. The van der Waals surface area contributed by atoms with Crippen LogP contribution in [-0.4, -0.2) is 23.3 Å². The summed E-state index contributed by atoms with van der Waals surface area (Å²) >= 11 is 0. The maximum atomic E-state index is 12.9. The molecule has 0 unspecified atom stereocenters. The van der Waals surface area contributed by atoms with Crippen molar-refractivity contribution in [3.05, 3.63) is 70.8 Å². The number of amides is 2. The SMILES string of the molecule is Cc1cccc(C(=O)N(CCC(N)=O)Cc2ccccc2)c1C. The van der Waals surface area contributed by atoms with Gasteiger partial charge in [-0.15, -0.1) is 0 Å². The molecule has 0 heterocycles. The van der Waals surface area contributed by atoms with E-state index in [2.05, 4.69) is 0 Å². The van der Waals surface area contributed by atoms with Crippen LogP contribution in [0, 0.1) is 13.8 Å². The first-order valence-corrected chi connectivity index (χ1v) is 7.66. The molecular weight excluding hydrogens is 288 g/mol. The number of hydrogen-bond acceptors (Lipinski definition) is 2. The highest BCUT2D eigenvalue weighted by Gasteiger charge is 2.19. The highest BCUT2D eigenvalue weighted by atomic mass is 16.2. The van der Waals surface area contributed by atoms with Gasteiger partial charge < -0.3 is 10.6 Å². The van der Waals surface area contributed by atoms with Crippen molar-refractivity contribution in [3.63, 3.8) is 0 Å². The number of hydrogen-bond donors (Lipinski definition) is 1. The van der Waals surface area contributed by atoms with E-state index in [1.807, 2.05) is 62.4 Å². The van der Waals surface area contributed by atoms with Gasteiger partial charge in [-0.2, -0.15) is 0 Å². The number of benzene rings is 2. The van der Waals surface area contributed by atoms with Gasteiger partial charge in [-0.3, -0.25) is 9.59 Å². The summed E-state index contributed by atoms with van der Waals surface area (Å²) in [6.45, 7) is 4.70. The Hall–Kier alpha value is -2.62. The van der Waals surface area contributed by atoms with E-state index in [1.54, 1.807) is 4.90 Å². The molecule has 2 aromatic rings. The van der Waals surface area contributed by atoms with Gasteiger partial charge in [0.2, 0.25) is 5.91 Å². The molecule has 0 aliphatic carbocycles. The molecule has 0 aliphatic heterocycles. The predicted octanol–water partition coefficient (Wildman–Crippen LogP) is 2.82. The van der Waals surface area contributed by atoms with Gasteiger partial charge in [-0.25, -0.2) is 0 Å². The number of rotatable bonds is 6. The van der Waals surface area contributed by atoms with Crippen molar-refractivity contribution in [2.24, 2.45) is 5.73 Å². The van der Waals surface area contributed by atoms with Gasteiger partial charge in [0, 0.05) is 25.1 Å². The van der Waals surface area contributed by atoms with Gasteiger partial charge in [0.25, 0.3) is 5.91 Å². The molecule has 0 saturated carbocycles. The van der Waals surface area contributed by atoms with E-state index in [-0.39, 0.29) is 12.3 Å². The average Bonchev–Trinajstić information content (AvgIpc) is 2.54. The molecule has 4 heteroatoms. The maximum absolute atomic E-state index is 12.9. The number of aryl methyl sites for hydroxylation is 1. The van der Waals surface area contributed by atoms with Crippen LogP contribution in [-0.2, 0) is 11.3 Å². The Kier molecular flexibility index (Phi) is 5.52. The van der Waals surface area contributed by atoms with Crippen molar-refractivity contribution in [1.82, 2.24) is 4.90 Å². The lowest BCUT2D eigenvalue weighted by Gasteiger charge is -2.23. The van der Waals surface area contributed by atoms with Crippen LogP contribution < -0.4 is 5.73 Å². The summed E-state index contributed by atoms with van der Waals surface area (Å²) in [7, 11) is 0. The number of carbonyl (C=O) groups excluding carboxylic acids is 2. The molecule has 2 rings (SSSR count). The lowest BCUT2D eigenvalue weighted by molar-refractivity contribution is -0.118. The molecule has 23 heavy (non-hydrogen) atoms. The average molecular weight is 310 g/mol. The minimum Gasteiger partial charge on any atom is -0.370 e. The summed E-state index contributed by atoms with van der Waals surface area (Å²) in [5.41, 5.74) is 8.99. The van der Waals surface area contributed by atoms with Gasteiger partial charge >= 0.3 is 0 Å². The second kappa shape index (κ2) is 7.58. The predicted molar refractivity (Wildman–Crippen MR) is 90.9 cm³/mol. The molecule has 0 radical (unpaired) electrons. The summed E-state index contributed by atoms with van der Waals surface area (Å²) < 4.78 is 0. The maximum Gasteiger partial charge on any atom is 0.254 e. The van der Waals surface area contributed by atoms with Crippen molar-refractivity contribution < 1.29 is 9.59 Å². The third kappa shape index (κ3) is 4.42. The second-order valence-electron chi connectivity index (χ2n) is 5.68. The van der Waals surface area contributed by atoms with Crippen molar-refractivity contribution in [2.75, 3.05) is 6.54 Å². The van der Waals surface area contributed by atoms with E-state index in [1.165, 1.54) is 0 Å². The second-order valence-corrected chi connectivity index (χ2v) is 5.68. The largest absolute Gasteiger partial charge is 0.370 e. The molecular formula is C19H22N2O2. The van der Waals surface area contributed by atoms with Gasteiger partial charge in [-0.1, -0.05) is 42.5 Å². The summed E-state index contributed by atoms with van der Waals surface area (Å²) in [4.78, 5) is 25.7. The van der Waals surface area contributed by atoms with Crippen LogP contribution in [0.5, 0.6) is 0 Å². The standard InChI is InChI=1S/C19H22N2O2/c1-14-7-6-10-17(15(14)2)19(23)21(12-11-18(20)22)13-16-8-4-3-5-9-16/h3-10H,11-13H2,1-2H3,(H2,20,22). The summed E-state index contributed by atoms with van der Waals surface area (Å²) in [5.74, 6) is -0.479. The smallest absolute Gasteiger partial charge is 0.254 e. The molecule has 2 aromatic carbocycles. The summed E-state index contributed by atoms with van der Waals surface area (Å²) in [6, 6.07) is 15.4. The van der Waals surface area contributed by atoms with E-state index in [4.69, 9.17) is 5.73 Å². The van der Waals surface area contributed by atoms with E-state index >= 15 is 0 Å². The van der Waals surface area contributed by atoms with Crippen LogP contribution in [0.15, 0.2) is 48.5 Å². The molecule has 2 N–H and O–H groups in total. The third-order valence-corrected chi connectivity index (χ3v) is 3.97. The van der Waals surface area contributed by atoms with E-state index < -0.39 is 5.91 Å². The molecule has 0 bridgehead atoms. The molecule has 2 amide bonds. The van der Waals surface area contributed by atoms with E-state index in [0.717, 1.165) is 16.7 Å². The Bertz CT molecular complexity index is 696. The molecule has 0 saturated heterocycles. The quantitative estimate of drug-likeness (QED) is 0.891. The third-order valence-electron chi connectivity index (χ3n) is 3.97. The van der Waals surface area contributed by atoms with Crippen molar-refractivity contribution in [1.29, 1.82) is 0 Å². The lowest BCUT2D eigenvalue weighted by Crippen LogP contribution is -2.34. The number of primary amides is 1. The normalized spacial score (nSPS) is 10.3. The number of carbonyl (C=O) groups is 2. The number of nitrogens with zero attached hydrogens (tertiary/aromatic N) is 1. The van der Waals surface area contributed by atoms with Crippen molar-refractivity contribution in [3.8, 4) is 0 Å². The minimum absolute atomic E-state index is 0.0729. The van der Waals surface area contributed by atoms with Gasteiger partial charge in [0.1, 0.15) is 0 Å². The summed E-state index contributed by atoms with van der Waals surface area (Å²) in [6.07, 6.45) is 0.156. The Balaban J connectivity index is 2.26. The minimum atomic E-state index is -0.406. The van der Waals surface area contributed by atoms with Crippen LogP contribution in [0.4, 0.5) is 0 Å². The Labute approximate surface area is 136 Å². The first kappa shape index (κ1) is 16.7. The Morgan fingerprint density at radius 3 is 2.35 bits per heavy atom. The fourth-order valence-corrected chi connectivity index (χ4v) is 2.45. The molecule has 0 aliphatic rings. The first-order valence-electron chi connectivity index (χ1n) is 7.66. The fourth-order valence-electron chi connectivity index (χ4n) is 2.45. The topological polar surface area (TPSA) is 63.4 Å². The molecule has 0 fully saturated rings. The Morgan fingerprint density at radius 1 is 1.00 bits per heavy atom. The monoisotopic (exact) mass is 310 g/mol. The van der Waals surface area contributed by atoms with Gasteiger partial charge in [0.15, 0.2) is 0 Å². The Morgan fingerprint density at radius 2 is 1.70 bits per heavy atom. The zero-order valence-corrected chi connectivity index (χ0v) is 13.6. The number of nitrogens with two attached hydrogens (primary N) is 1. The van der Waals surface area contributed by atoms with Crippen molar-refractivity contribution >= 4 is 11.8 Å². The zero-order valence-electron chi connectivity index (χ0n) is 13.6. The highest BCUT2D eigenvalue weighted by molar-refractivity contribution is 5.96. The van der Waals surface area contributed by atoms with Crippen LogP contribution in [0.1, 0.15) is 33.5 Å². The zero-order chi connectivity index (χ0) is 16.8. The lowest BCUT2D eigenvalue weighted by atomic mass is 10.0. The fraction of sp³-hybridized carbons (Fsp3) is 0.263. The first-order chi connectivity index (χ1) is 11.0. The van der Waals surface area contributed by atoms with Crippen LogP contribution >= 0.6 is 0 Å². The highest BCUT2D eigenvalue weighted by Crippen LogP contribution is 2.17. The van der Waals surface area contributed by atoms with Crippen LogP contribution in [0.3, 0.4) is 0 Å². The van der Waals surface area contributed by atoms with Crippen LogP contribution in [0.2, 0.25) is 0 Å². The molecule has 0 spiro atoms. The molecule has 120 valence electrons. The van der Waals surface area contributed by atoms with Crippen LogP contribution in [0.25, 0.3) is 0 Å². The van der Waals surface area contributed by atoms with Gasteiger partial charge in [-0.05, 0) is 36.6 Å². The van der Waals surface area contributed by atoms with Crippen molar-refractivity contribution in [2.45, 2.75) is 26.8 Å². The molecule has 0 aromatic heterocycles. The van der Waals surface area contributed by atoms with E-state index in [9.17, 15) is 9.59 Å². The molecule has 0 atom stereocenters. The van der Waals surface area contributed by atoms with E-state index in [0.29, 0.717) is 18.7 Å².